The van der Waals surface area contributed by atoms with Crippen LogP contribution in [0.5, 0.6) is 5.88 Å². The summed E-state index contributed by atoms with van der Waals surface area (Å²) in [6.07, 6.45) is 5.39. The second-order valence-corrected chi connectivity index (χ2v) is 7.39. The van der Waals surface area contributed by atoms with Crippen LogP contribution in [0.15, 0.2) is 48.8 Å². The highest BCUT2D eigenvalue weighted by Crippen LogP contribution is 2.22. The summed E-state index contributed by atoms with van der Waals surface area (Å²) in [5.74, 6) is 1.14. The van der Waals surface area contributed by atoms with Gasteiger partial charge >= 0.3 is 0 Å². The normalized spacial score (nSPS) is 15.0. The minimum atomic E-state index is 0.107. The van der Waals surface area contributed by atoms with Crippen molar-refractivity contribution in [2.75, 3.05) is 38.7 Å². The molecule has 0 aliphatic carbocycles. The Hall–Kier alpha value is -3.09. The number of anilines is 1. The van der Waals surface area contributed by atoms with E-state index in [1.165, 1.54) is 0 Å². The number of aromatic nitrogens is 3. The molecule has 2 aromatic heterocycles. The number of carbonyl (C=O) groups is 1. The molecule has 28 heavy (non-hydrogen) atoms. The highest BCUT2D eigenvalue weighted by molar-refractivity contribution is 5.95. The lowest BCUT2D eigenvalue weighted by Crippen LogP contribution is -2.39. The maximum atomic E-state index is 12.8. The zero-order chi connectivity index (χ0) is 19.5. The van der Waals surface area contributed by atoms with Gasteiger partial charge in [-0.25, -0.2) is 9.50 Å². The first kappa shape index (κ1) is 18.3. The van der Waals surface area contributed by atoms with E-state index in [1.54, 1.807) is 16.9 Å². The van der Waals surface area contributed by atoms with Gasteiger partial charge in [0.05, 0.1) is 6.61 Å². The lowest BCUT2D eigenvalue weighted by Gasteiger charge is -2.32. The minimum Gasteiger partial charge on any atom is -0.476 e. The summed E-state index contributed by atoms with van der Waals surface area (Å²) in [4.78, 5) is 21.0. The summed E-state index contributed by atoms with van der Waals surface area (Å²) < 4.78 is 7.58. The fourth-order valence-electron chi connectivity index (χ4n) is 3.48. The number of ether oxygens (including phenoxy) is 1. The number of hydrogen-bond donors (Lipinski definition) is 0. The molecule has 0 radical (unpaired) electrons. The van der Waals surface area contributed by atoms with Crippen LogP contribution >= 0.6 is 0 Å². The Morgan fingerprint density at radius 3 is 2.82 bits per heavy atom. The Bertz CT molecular complexity index is 960. The number of imidazole rings is 1. The van der Waals surface area contributed by atoms with Crippen LogP contribution in [0.25, 0.3) is 5.65 Å². The predicted molar refractivity (Wildman–Crippen MR) is 108 cm³/mol. The van der Waals surface area contributed by atoms with Crippen molar-refractivity contribution in [3.05, 3.63) is 54.4 Å². The lowest BCUT2D eigenvalue weighted by atomic mass is 9.97. The number of fused-ring (bicyclic) bond motifs is 1. The molecule has 4 rings (SSSR count). The van der Waals surface area contributed by atoms with Gasteiger partial charge in [-0.2, -0.15) is 0 Å². The van der Waals surface area contributed by atoms with Gasteiger partial charge in [0.1, 0.15) is 0 Å². The van der Waals surface area contributed by atoms with Crippen molar-refractivity contribution in [3.8, 4) is 5.88 Å². The highest BCUT2D eigenvalue weighted by Gasteiger charge is 2.24. The Labute approximate surface area is 164 Å². The van der Waals surface area contributed by atoms with E-state index in [9.17, 15) is 4.79 Å². The van der Waals surface area contributed by atoms with Crippen LogP contribution in [0.1, 0.15) is 23.2 Å². The number of rotatable bonds is 5. The molecule has 1 fully saturated rings. The lowest BCUT2D eigenvalue weighted by molar-refractivity contribution is 0.0659. The van der Waals surface area contributed by atoms with Gasteiger partial charge in [-0.15, -0.1) is 5.10 Å². The van der Waals surface area contributed by atoms with Crippen LogP contribution in [0.2, 0.25) is 0 Å². The highest BCUT2D eigenvalue weighted by atomic mass is 16.5. The maximum absolute atomic E-state index is 12.8. The molecule has 0 unspecified atom stereocenters. The quantitative estimate of drug-likeness (QED) is 0.682. The molecule has 1 aliphatic heterocycles. The third-order valence-corrected chi connectivity index (χ3v) is 5.21. The second-order valence-electron chi connectivity index (χ2n) is 7.39. The van der Waals surface area contributed by atoms with Crippen LogP contribution in [-0.4, -0.2) is 59.2 Å². The summed E-state index contributed by atoms with van der Waals surface area (Å²) >= 11 is 0. The van der Waals surface area contributed by atoms with Crippen LogP contribution in [0.4, 0.5) is 5.69 Å². The van der Waals surface area contributed by atoms with E-state index >= 15 is 0 Å². The van der Waals surface area contributed by atoms with Gasteiger partial charge in [0.15, 0.2) is 5.65 Å². The second kappa shape index (κ2) is 7.88. The van der Waals surface area contributed by atoms with Gasteiger partial charge in [-0.3, -0.25) is 4.79 Å². The number of likely N-dealkylation sites (tertiary alicyclic amines) is 1. The van der Waals surface area contributed by atoms with Crippen molar-refractivity contribution in [1.82, 2.24) is 19.5 Å². The monoisotopic (exact) mass is 379 g/mol. The summed E-state index contributed by atoms with van der Waals surface area (Å²) in [6.45, 7) is 2.13. The molecule has 7 nitrogen and oxygen atoms in total. The van der Waals surface area contributed by atoms with E-state index in [1.807, 2.05) is 60.3 Å². The fourth-order valence-corrected chi connectivity index (χ4v) is 3.48. The molecule has 1 saturated heterocycles. The molecule has 1 amide bonds. The Morgan fingerprint density at radius 1 is 1.21 bits per heavy atom. The zero-order valence-corrected chi connectivity index (χ0v) is 16.3. The Morgan fingerprint density at radius 2 is 2.04 bits per heavy atom. The number of piperidine rings is 1. The summed E-state index contributed by atoms with van der Waals surface area (Å²) in [6, 6.07) is 11.5. The van der Waals surface area contributed by atoms with Crippen molar-refractivity contribution in [2.24, 2.45) is 5.92 Å². The van der Waals surface area contributed by atoms with Crippen molar-refractivity contribution in [1.29, 1.82) is 0 Å². The fraction of sp³-hybridized carbons (Fsp3) is 0.381. The predicted octanol–water partition coefficient (Wildman–Crippen LogP) is 2.73. The zero-order valence-electron chi connectivity index (χ0n) is 16.3. The molecule has 1 aromatic carbocycles. The van der Waals surface area contributed by atoms with E-state index in [0.29, 0.717) is 18.4 Å². The molecule has 1 aliphatic rings. The van der Waals surface area contributed by atoms with Gasteiger partial charge in [-0.1, -0.05) is 6.07 Å². The third-order valence-electron chi connectivity index (χ3n) is 5.21. The minimum absolute atomic E-state index is 0.107. The molecular formula is C21H25N5O2. The number of benzene rings is 1. The standard InChI is InChI=1S/C21H25N5O2/c1-24(2)18-5-3-4-17(14-18)21(27)25-11-8-16(9-12-25)15-28-20-7-6-19-22-10-13-26(19)23-20/h3-7,10,13-14,16H,8-9,11-12,15H2,1-2H3. The SMILES string of the molecule is CN(C)c1cccc(C(=O)N2CCC(COc3ccc4nccn4n3)CC2)c1. The average Bonchev–Trinajstić information content (AvgIpc) is 3.20. The van der Waals surface area contributed by atoms with Crippen LogP contribution in [0, 0.1) is 5.92 Å². The molecule has 0 N–H and O–H groups in total. The topological polar surface area (TPSA) is 63.0 Å². The summed E-state index contributed by atoms with van der Waals surface area (Å²) in [5.41, 5.74) is 2.59. The van der Waals surface area contributed by atoms with E-state index in [-0.39, 0.29) is 5.91 Å². The van der Waals surface area contributed by atoms with E-state index in [2.05, 4.69) is 10.1 Å². The Kier molecular flexibility index (Phi) is 5.14. The van der Waals surface area contributed by atoms with Crippen LogP contribution in [-0.2, 0) is 0 Å². The molecule has 3 heterocycles. The van der Waals surface area contributed by atoms with Crippen molar-refractivity contribution >= 4 is 17.2 Å². The van der Waals surface area contributed by atoms with E-state index < -0.39 is 0 Å². The largest absolute Gasteiger partial charge is 0.476 e. The van der Waals surface area contributed by atoms with E-state index in [4.69, 9.17) is 4.74 Å². The van der Waals surface area contributed by atoms with Crippen LogP contribution in [0.3, 0.4) is 0 Å². The third kappa shape index (κ3) is 3.93. The van der Waals surface area contributed by atoms with Crippen molar-refractivity contribution in [3.63, 3.8) is 0 Å². The molecular weight excluding hydrogens is 354 g/mol. The molecule has 0 bridgehead atoms. The maximum Gasteiger partial charge on any atom is 0.253 e. The van der Waals surface area contributed by atoms with Gasteiger partial charge in [0.25, 0.3) is 5.91 Å². The molecule has 3 aromatic rings. The van der Waals surface area contributed by atoms with Gasteiger partial charge < -0.3 is 14.5 Å². The first-order chi connectivity index (χ1) is 13.6. The summed E-state index contributed by atoms with van der Waals surface area (Å²) in [7, 11) is 3.96. The average molecular weight is 379 g/mol. The van der Waals surface area contributed by atoms with Gasteiger partial charge in [0, 0.05) is 56.9 Å². The smallest absolute Gasteiger partial charge is 0.253 e. The number of hydrogen-bond acceptors (Lipinski definition) is 5. The van der Waals surface area contributed by atoms with Crippen LogP contribution < -0.4 is 9.64 Å². The molecule has 146 valence electrons. The molecule has 7 heteroatoms. The first-order valence-corrected chi connectivity index (χ1v) is 9.60. The number of carbonyl (C=O) groups excluding carboxylic acids is 1. The number of amides is 1. The molecule has 0 atom stereocenters. The van der Waals surface area contributed by atoms with Crippen molar-refractivity contribution in [2.45, 2.75) is 12.8 Å². The molecule has 0 saturated carbocycles. The Balaban J connectivity index is 1.30. The number of nitrogens with zero attached hydrogens (tertiary/aromatic N) is 5. The molecule has 0 spiro atoms. The van der Waals surface area contributed by atoms with Crippen molar-refractivity contribution < 1.29 is 9.53 Å². The van der Waals surface area contributed by atoms with E-state index in [0.717, 1.165) is 42.8 Å². The summed E-state index contributed by atoms with van der Waals surface area (Å²) in [5, 5.41) is 4.39. The van der Waals surface area contributed by atoms with Gasteiger partial charge in [-0.05, 0) is 43.0 Å². The first-order valence-electron chi connectivity index (χ1n) is 9.60. The van der Waals surface area contributed by atoms with Gasteiger partial charge in [0.2, 0.25) is 5.88 Å².